The number of nitrogens with one attached hydrogen (secondary N) is 1. The second-order valence-electron chi connectivity index (χ2n) is 5.63. The number of aromatic nitrogens is 2. The molecule has 0 bridgehead atoms. The number of rotatable bonds is 4. The van der Waals surface area contributed by atoms with E-state index in [2.05, 4.69) is 21.7 Å². The Morgan fingerprint density at radius 1 is 1.43 bits per heavy atom. The normalized spacial score (nSPS) is 20.8. The molecule has 1 saturated carbocycles. The largest absolute Gasteiger partial charge is 0.383 e. The van der Waals surface area contributed by atoms with Crippen LogP contribution in [0.5, 0.6) is 0 Å². The first-order chi connectivity index (χ1) is 11.0. The summed E-state index contributed by atoms with van der Waals surface area (Å²) in [6.45, 7) is 0. The molecule has 1 aliphatic heterocycles. The molecule has 7 nitrogen and oxygen atoms in total. The minimum Gasteiger partial charge on any atom is -0.383 e. The average molecular weight is 354 g/mol. The van der Waals surface area contributed by atoms with Crippen LogP contribution in [0.25, 0.3) is 0 Å². The smallest absolute Gasteiger partial charge is 0.350 e. The van der Waals surface area contributed by atoms with Crippen LogP contribution in [0.4, 0.5) is 5.82 Å². The highest BCUT2D eigenvalue weighted by Gasteiger charge is 2.35. The monoisotopic (exact) mass is 354 g/mol. The number of thioether (sulfide) groups is 1. The minimum absolute atomic E-state index is 0.0932. The number of nitrogen functional groups attached to an aromatic ring is 1. The van der Waals surface area contributed by atoms with E-state index < -0.39 is 10.0 Å². The molecule has 0 amide bonds. The van der Waals surface area contributed by atoms with Crippen molar-refractivity contribution in [3.05, 3.63) is 22.2 Å². The molecule has 2 aliphatic rings. The fraction of sp³-hybridized carbons (Fsp3) is 0.571. The van der Waals surface area contributed by atoms with E-state index in [0.29, 0.717) is 18.4 Å². The second-order valence-corrected chi connectivity index (χ2v) is 8.88. The lowest BCUT2D eigenvalue weighted by atomic mass is 10.2. The van der Waals surface area contributed by atoms with E-state index in [1.165, 1.54) is 0 Å². The summed E-state index contributed by atoms with van der Waals surface area (Å²) in [5.74, 6) is 3.91. The Bertz CT molecular complexity index is 813. The predicted octanol–water partition coefficient (Wildman–Crippen LogP) is 0.436. The molecule has 9 heteroatoms. The first-order valence-electron chi connectivity index (χ1n) is 7.45. The van der Waals surface area contributed by atoms with Crippen LogP contribution in [0.3, 0.4) is 0 Å². The fourth-order valence-corrected chi connectivity index (χ4v) is 4.74. The van der Waals surface area contributed by atoms with Crippen molar-refractivity contribution >= 4 is 27.6 Å². The highest BCUT2D eigenvalue weighted by molar-refractivity contribution is 7.99. The van der Waals surface area contributed by atoms with Gasteiger partial charge in [-0.3, -0.25) is 4.57 Å². The lowest BCUT2D eigenvalue weighted by molar-refractivity contribution is 0.590. The van der Waals surface area contributed by atoms with Gasteiger partial charge in [-0.15, -0.1) is 11.8 Å². The van der Waals surface area contributed by atoms with E-state index in [1.807, 2.05) is 0 Å². The molecule has 0 spiro atoms. The van der Waals surface area contributed by atoms with Gasteiger partial charge < -0.3 is 5.73 Å². The number of hydrogen-bond donors (Lipinski definition) is 2. The summed E-state index contributed by atoms with van der Waals surface area (Å²) in [6, 6.07) is 2.46. The van der Waals surface area contributed by atoms with Crippen LogP contribution in [0, 0.1) is 12.0 Å². The average Bonchev–Trinajstić information content (AvgIpc) is 3.23. The van der Waals surface area contributed by atoms with Crippen LogP contribution >= 0.6 is 11.8 Å². The zero-order valence-electron chi connectivity index (χ0n) is 12.5. The summed E-state index contributed by atoms with van der Waals surface area (Å²) in [5, 5.41) is -0.208. The number of sulfonamides is 1. The molecule has 1 aromatic rings. The van der Waals surface area contributed by atoms with Crippen LogP contribution in [-0.4, -0.2) is 29.0 Å². The third-order valence-corrected chi connectivity index (χ3v) is 6.91. The van der Waals surface area contributed by atoms with Crippen molar-refractivity contribution in [2.75, 3.05) is 11.5 Å². The SMILES string of the molecule is Nc1nc(=O)n(C2CCCS2)cc1CC#CNS(=O)(=O)C1CC1. The van der Waals surface area contributed by atoms with Gasteiger partial charge in [0.2, 0.25) is 10.0 Å². The standard InChI is InChI=1S/C14H18N4O3S2/c15-13-10(3-1-7-16-23(20,21)11-5-6-11)9-18(14(19)17-13)12-4-2-8-22-12/h9,11-12,16H,2-6,8H2,(H2,15,17,19). The molecule has 3 N–H and O–H groups in total. The Kier molecular flexibility index (Phi) is 4.55. The van der Waals surface area contributed by atoms with Crippen LogP contribution < -0.4 is 16.1 Å². The Morgan fingerprint density at radius 3 is 2.87 bits per heavy atom. The van der Waals surface area contributed by atoms with Crippen molar-refractivity contribution in [2.45, 2.75) is 42.7 Å². The summed E-state index contributed by atoms with van der Waals surface area (Å²) in [7, 11) is -3.31. The fourth-order valence-electron chi connectivity index (χ4n) is 2.35. The van der Waals surface area contributed by atoms with Crippen molar-refractivity contribution < 1.29 is 8.42 Å². The third-order valence-electron chi connectivity index (χ3n) is 3.80. The van der Waals surface area contributed by atoms with Crippen molar-refractivity contribution in [1.82, 2.24) is 14.3 Å². The molecule has 0 radical (unpaired) electrons. The van der Waals surface area contributed by atoms with E-state index in [-0.39, 0.29) is 28.6 Å². The van der Waals surface area contributed by atoms with Crippen molar-refractivity contribution in [2.24, 2.45) is 0 Å². The summed E-state index contributed by atoms with van der Waals surface area (Å²) >= 11 is 1.72. The van der Waals surface area contributed by atoms with Gasteiger partial charge in [0, 0.05) is 24.2 Å². The molecule has 1 saturated heterocycles. The maximum absolute atomic E-state index is 12.0. The summed E-state index contributed by atoms with van der Waals surface area (Å²) in [6.07, 6.45) is 5.32. The van der Waals surface area contributed by atoms with E-state index in [4.69, 9.17) is 5.73 Å². The zero-order valence-corrected chi connectivity index (χ0v) is 14.1. The topological polar surface area (TPSA) is 107 Å². The lowest BCUT2D eigenvalue weighted by Crippen LogP contribution is -2.26. The molecular formula is C14H18N4O3S2. The maximum Gasteiger partial charge on any atom is 0.350 e. The van der Waals surface area contributed by atoms with Crippen LogP contribution in [-0.2, 0) is 16.4 Å². The van der Waals surface area contributed by atoms with Crippen LogP contribution in [0.1, 0.15) is 36.6 Å². The lowest BCUT2D eigenvalue weighted by Gasteiger charge is -2.13. The number of hydrogen-bond acceptors (Lipinski definition) is 6. The van der Waals surface area contributed by atoms with Crippen LogP contribution in [0.15, 0.2) is 11.0 Å². The van der Waals surface area contributed by atoms with Gasteiger partial charge in [0.05, 0.1) is 10.6 Å². The van der Waals surface area contributed by atoms with Gasteiger partial charge in [-0.25, -0.2) is 17.9 Å². The van der Waals surface area contributed by atoms with Gasteiger partial charge in [0.15, 0.2) is 0 Å². The van der Waals surface area contributed by atoms with Gasteiger partial charge in [-0.1, -0.05) is 5.92 Å². The third kappa shape index (κ3) is 3.82. The molecule has 2 fully saturated rings. The van der Waals surface area contributed by atoms with E-state index in [9.17, 15) is 13.2 Å². The van der Waals surface area contributed by atoms with Crippen molar-refractivity contribution in [3.8, 4) is 12.0 Å². The second kappa shape index (κ2) is 6.45. The van der Waals surface area contributed by atoms with Gasteiger partial charge in [-0.2, -0.15) is 4.98 Å². The van der Waals surface area contributed by atoms with Gasteiger partial charge >= 0.3 is 5.69 Å². The maximum atomic E-state index is 12.0. The van der Waals surface area contributed by atoms with Crippen molar-refractivity contribution in [1.29, 1.82) is 0 Å². The van der Waals surface area contributed by atoms with Crippen LogP contribution in [0.2, 0.25) is 0 Å². The number of nitrogens with zero attached hydrogens (tertiary/aromatic N) is 2. The molecule has 2 heterocycles. The molecular weight excluding hydrogens is 336 g/mol. The summed E-state index contributed by atoms with van der Waals surface area (Å²) in [4.78, 5) is 15.8. The van der Waals surface area contributed by atoms with Gasteiger partial charge in [0.25, 0.3) is 0 Å². The highest BCUT2D eigenvalue weighted by atomic mass is 32.2. The molecule has 1 aliphatic carbocycles. The zero-order chi connectivity index (χ0) is 16.4. The first kappa shape index (κ1) is 16.2. The molecule has 23 heavy (non-hydrogen) atoms. The Morgan fingerprint density at radius 2 is 2.22 bits per heavy atom. The minimum atomic E-state index is -3.31. The highest BCUT2D eigenvalue weighted by Crippen LogP contribution is 2.34. The Balaban J connectivity index is 1.72. The molecule has 1 aromatic heterocycles. The molecule has 124 valence electrons. The van der Waals surface area contributed by atoms with E-state index >= 15 is 0 Å². The predicted molar refractivity (Wildman–Crippen MR) is 90.2 cm³/mol. The summed E-state index contributed by atoms with van der Waals surface area (Å²) < 4.78 is 27.2. The molecule has 0 aromatic carbocycles. The quantitative estimate of drug-likeness (QED) is 0.600. The first-order valence-corrected chi connectivity index (χ1v) is 10.0. The molecule has 1 atom stereocenters. The van der Waals surface area contributed by atoms with Gasteiger partial charge in [0.1, 0.15) is 5.82 Å². The number of nitrogens with two attached hydrogens (primary N) is 1. The Hall–Kier alpha value is -1.66. The van der Waals surface area contributed by atoms with Gasteiger partial charge in [-0.05, 0) is 31.4 Å². The van der Waals surface area contributed by atoms with E-state index in [1.54, 1.807) is 22.5 Å². The molecule has 3 rings (SSSR count). The Labute approximate surface area is 139 Å². The number of anilines is 1. The van der Waals surface area contributed by atoms with E-state index in [0.717, 1.165) is 18.6 Å². The summed E-state index contributed by atoms with van der Waals surface area (Å²) in [5.41, 5.74) is 6.06. The molecule has 1 unspecified atom stereocenters. The van der Waals surface area contributed by atoms with Crippen molar-refractivity contribution in [3.63, 3.8) is 0 Å².